The van der Waals surface area contributed by atoms with Gasteiger partial charge < -0.3 is 29.2 Å². The molecule has 0 aliphatic heterocycles. The summed E-state index contributed by atoms with van der Waals surface area (Å²) in [6.07, 6.45) is -2.35. The van der Waals surface area contributed by atoms with Crippen LogP contribution in [0.3, 0.4) is 0 Å². The molecule has 0 radical (unpaired) electrons. The van der Waals surface area contributed by atoms with Crippen LogP contribution in [0, 0.1) is 12.7 Å². The molecule has 0 aliphatic rings. The molecule has 3 aromatic rings. The van der Waals surface area contributed by atoms with Crippen molar-refractivity contribution >= 4 is 60.7 Å². The number of nitrogens with zero attached hydrogens (tertiary/aromatic N) is 3. The zero-order chi connectivity index (χ0) is 30.0. The molecule has 17 nitrogen and oxygen atoms in total. The van der Waals surface area contributed by atoms with E-state index in [0.717, 1.165) is 29.7 Å². The highest BCUT2D eigenvalue weighted by atomic mass is 32.2. The molecule has 216 valence electrons. The second-order valence-corrected chi connectivity index (χ2v) is 11.0. The molecule has 0 bridgehead atoms. The minimum absolute atomic E-state index is 0.188. The number of hydrogen-bond donors (Lipinski definition) is 6. The topological polar surface area (TPSA) is 276 Å². The van der Waals surface area contributed by atoms with Gasteiger partial charge in [0.25, 0.3) is 0 Å². The molecule has 3 rings (SSSR count). The normalized spacial score (nSPS) is 14.1. The average molecular weight is 622 g/mol. The van der Waals surface area contributed by atoms with Gasteiger partial charge in [0, 0.05) is 18.3 Å². The molecule has 0 fully saturated rings. The van der Waals surface area contributed by atoms with Crippen molar-refractivity contribution < 1.29 is 49.4 Å². The van der Waals surface area contributed by atoms with Gasteiger partial charge in [-0.25, -0.2) is 28.9 Å². The first-order valence-corrected chi connectivity index (χ1v) is 14.2. The number of halogens is 1. The smallest absolute Gasteiger partial charge is 0.378 e. The third-order valence-electron chi connectivity index (χ3n) is 4.87. The Morgan fingerprint density at radius 2 is 1.75 bits per heavy atom. The lowest BCUT2D eigenvalue weighted by Crippen LogP contribution is -2.53. The molecule has 40 heavy (non-hydrogen) atoms. The van der Waals surface area contributed by atoms with Gasteiger partial charge in [-0.1, -0.05) is 29.5 Å². The molecule has 0 saturated heterocycles. The van der Waals surface area contributed by atoms with Crippen molar-refractivity contribution in [2.75, 3.05) is 17.7 Å². The molecule has 0 spiro atoms. The number of carbonyl (C=O) groups is 2. The standard InChI is InChI=1S/C19H20FN7O10S3/c1-8-13(38-18(23-2)25-8)12-10(20)7-24-17(27-12)26-11-6-4-3-5-9(11)19(31,16(30)37-40(22,34)35)14(28)15(29)36-39(21,32)33/h3-7,14,28,31H,1-2H3,(H,23,25)(H2,21,32,33)(H2,22,34,35)(H,24,26,27). The first-order valence-electron chi connectivity index (χ1n) is 10.4. The number of thiazole rings is 1. The SMILES string of the molecule is CNc1nc(C)c(-c2nc(Nc3ccccc3C(O)(C(=O)OS(N)(=O)=O)C(O)C(=O)OS(N)(=O)=O)ncc2F)s1. The largest absolute Gasteiger partial charge is 0.382 e. The summed E-state index contributed by atoms with van der Waals surface area (Å²) in [7, 11) is -8.59. The van der Waals surface area contributed by atoms with Gasteiger partial charge in [-0.2, -0.15) is 27.1 Å². The number of aliphatic hydroxyl groups is 2. The van der Waals surface area contributed by atoms with Gasteiger partial charge in [0.2, 0.25) is 11.5 Å². The maximum Gasteiger partial charge on any atom is 0.382 e. The quantitative estimate of drug-likeness (QED) is 0.156. The number of aryl methyl sites for hydroxylation is 1. The lowest BCUT2D eigenvalue weighted by Gasteiger charge is -2.30. The molecule has 2 heterocycles. The molecule has 0 saturated carbocycles. The Morgan fingerprint density at radius 3 is 2.33 bits per heavy atom. The van der Waals surface area contributed by atoms with Crippen LogP contribution in [0.15, 0.2) is 30.5 Å². The van der Waals surface area contributed by atoms with E-state index in [-0.39, 0.29) is 17.3 Å². The first-order chi connectivity index (χ1) is 18.5. The molecule has 0 aliphatic carbocycles. The van der Waals surface area contributed by atoms with E-state index in [4.69, 9.17) is 0 Å². The highest BCUT2D eigenvalue weighted by Crippen LogP contribution is 2.36. The van der Waals surface area contributed by atoms with Gasteiger partial charge >= 0.3 is 32.5 Å². The number of carbonyl (C=O) groups excluding carboxylic acids is 2. The van der Waals surface area contributed by atoms with Crippen LogP contribution in [0.2, 0.25) is 0 Å². The first kappa shape index (κ1) is 30.7. The van der Waals surface area contributed by atoms with E-state index in [2.05, 4.69) is 44.2 Å². The summed E-state index contributed by atoms with van der Waals surface area (Å²) in [6.45, 7) is 1.61. The summed E-state index contributed by atoms with van der Waals surface area (Å²) in [4.78, 5) is 37.4. The van der Waals surface area contributed by atoms with Crippen LogP contribution < -0.4 is 20.9 Å². The van der Waals surface area contributed by atoms with Crippen LogP contribution in [0.5, 0.6) is 0 Å². The van der Waals surface area contributed by atoms with E-state index in [1.807, 2.05) is 0 Å². The van der Waals surface area contributed by atoms with Crippen molar-refractivity contribution in [3.63, 3.8) is 0 Å². The van der Waals surface area contributed by atoms with Crippen LogP contribution in [-0.4, -0.2) is 67.1 Å². The Kier molecular flexibility index (Phi) is 8.69. The summed E-state index contributed by atoms with van der Waals surface area (Å²) < 4.78 is 67.6. The second kappa shape index (κ2) is 11.3. The van der Waals surface area contributed by atoms with Gasteiger partial charge in [-0.05, 0) is 13.0 Å². The van der Waals surface area contributed by atoms with Crippen molar-refractivity contribution in [2.45, 2.75) is 18.6 Å². The minimum atomic E-state index is -5.14. The Bertz CT molecular complexity index is 1680. The zero-order valence-corrected chi connectivity index (χ0v) is 22.7. The van der Waals surface area contributed by atoms with E-state index in [1.165, 1.54) is 12.1 Å². The number of anilines is 3. The third-order valence-corrected chi connectivity index (χ3v) is 6.84. The van der Waals surface area contributed by atoms with Crippen LogP contribution >= 0.6 is 11.3 Å². The fraction of sp³-hybridized carbons (Fsp3) is 0.211. The van der Waals surface area contributed by atoms with Crippen LogP contribution in [-0.2, 0) is 44.2 Å². The van der Waals surface area contributed by atoms with E-state index in [0.29, 0.717) is 15.7 Å². The Balaban J connectivity index is 2.13. The van der Waals surface area contributed by atoms with Crippen LogP contribution in [0.25, 0.3) is 10.6 Å². The van der Waals surface area contributed by atoms with E-state index in [9.17, 15) is 41.0 Å². The lowest BCUT2D eigenvalue weighted by atomic mass is 9.86. The zero-order valence-electron chi connectivity index (χ0n) is 20.2. The fourth-order valence-electron chi connectivity index (χ4n) is 3.22. The van der Waals surface area contributed by atoms with Crippen LogP contribution in [0.1, 0.15) is 11.3 Å². The van der Waals surface area contributed by atoms with E-state index in [1.54, 1.807) is 14.0 Å². The number of benzene rings is 1. The Labute approximate surface area is 229 Å². The molecule has 2 aromatic heterocycles. The summed E-state index contributed by atoms with van der Waals surface area (Å²) in [5.41, 5.74) is -4.59. The van der Waals surface area contributed by atoms with Gasteiger partial charge in [0.05, 0.1) is 16.8 Å². The second-order valence-electron chi connectivity index (χ2n) is 7.67. The molecule has 21 heteroatoms. The maximum atomic E-state index is 14.6. The minimum Gasteiger partial charge on any atom is -0.378 e. The average Bonchev–Trinajstić information content (AvgIpc) is 3.22. The molecule has 2 atom stereocenters. The maximum absolute atomic E-state index is 14.6. The molecule has 1 aromatic carbocycles. The molecular weight excluding hydrogens is 601 g/mol. The molecule has 2 unspecified atom stereocenters. The third kappa shape index (κ3) is 6.82. The van der Waals surface area contributed by atoms with Crippen LogP contribution in [0.4, 0.5) is 21.2 Å². The fourth-order valence-corrected chi connectivity index (χ4v) is 4.79. The van der Waals surface area contributed by atoms with E-state index >= 15 is 0 Å². The number of nitrogens with one attached hydrogen (secondary N) is 2. The summed E-state index contributed by atoms with van der Waals surface area (Å²) in [5, 5.41) is 36.8. The van der Waals surface area contributed by atoms with Crippen molar-refractivity contribution in [2.24, 2.45) is 10.3 Å². The van der Waals surface area contributed by atoms with Gasteiger partial charge in [-0.3, -0.25) is 0 Å². The number of para-hydroxylation sites is 1. The molecular formula is C19H20FN7O10S3. The number of rotatable bonds is 10. The van der Waals surface area contributed by atoms with Crippen molar-refractivity contribution in [3.05, 3.63) is 47.5 Å². The molecule has 8 N–H and O–H groups in total. The predicted molar refractivity (Wildman–Crippen MR) is 135 cm³/mol. The Hall–Kier alpha value is -3.86. The Morgan fingerprint density at radius 1 is 1.12 bits per heavy atom. The van der Waals surface area contributed by atoms with Gasteiger partial charge in [-0.15, -0.1) is 0 Å². The van der Waals surface area contributed by atoms with Crippen molar-refractivity contribution in [3.8, 4) is 10.6 Å². The monoisotopic (exact) mass is 621 g/mol. The summed E-state index contributed by atoms with van der Waals surface area (Å²) >= 11 is 1.08. The summed E-state index contributed by atoms with van der Waals surface area (Å²) in [6, 6.07) is 4.55. The molecule has 0 amide bonds. The van der Waals surface area contributed by atoms with Gasteiger partial charge in [0.15, 0.2) is 17.1 Å². The number of aliphatic hydroxyl groups excluding tert-OH is 1. The van der Waals surface area contributed by atoms with E-state index < -0.39 is 55.6 Å². The summed E-state index contributed by atoms with van der Waals surface area (Å²) in [5.74, 6) is -5.59. The van der Waals surface area contributed by atoms with Crippen molar-refractivity contribution in [1.29, 1.82) is 0 Å². The lowest BCUT2D eigenvalue weighted by molar-refractivity contribution is -0.181. The highest BCUT2D eigenvalue weighted by molar-refractivity contribution is 7.85. The van der Waals surface area contributed by atoms with Crippen molar-refractivity contribution in [1.82, 2.24) is 15.0 Å². The number of hydrogen-bond acceptors (Lipinski definition) is 16. The highest BCUT2D eigenvalue weighted by Gasteiger charge is 2.54. The number of nitrogens with two attached hydrogens (primary N) is 2. The predicted octanol–water partition coefficient (Wildman–Crippen LogP) is -1.13. The van der Waals surface area contributed by atoms with Gasteiger partial charge in [0.1, 0.15) is 5.69 Å². The number of aromatic nitrogens is 3.